The summed E-state index contributed by atoms with van der Waals surface area (Å²) in [4.78, 5) is 0. The first-order valence-corrected chi connectivity index (χ1v) is 3.91. The summed E-state index contributed by atoms with van der Waals surface area (Å²) in [5.41, 5.74) is -0.789. The zero-order chi connectivity index (χ0) is 7.83. The molecule has 1 rings (SSSR count). The van der Waals surface area contributed by atoms with Gasteiger partial charge in [0.05, 0.1) is 0 Å². The van der Waals surface area contributed by atoms with E-state index in [1.807, 2.05) is 14.0 Å². The molecule has 1 fully saturated rings. The molecule has 1 aliphatic rings. The summed E-state index contributed by atoms with van der Waals surface area (Å²) in [5.74, 6) is 0. The zero-order valence-electron chi connectivity index (χ0n) is 7.00. The molecule has 0 aromatic carbocycles. The van der Waals surface area contributed by atoms with Crippen LogP contribution in [0.5, 0.6) is 0 Å². The predicted molar refractivity (Wildman–Crippen MR) is 40.8 cm³/mol. The lowest BCUT2D eigenvalue weighted by Crippen LogP contribution is -2.59. The Balaban J connectivity index is 2.42. The topological polar surface area (TPSA) is 12.0 Å². The van der Waals surface area contributed by atoms with Crippen LogP contribution in [0, 0.1) is 0 Å². The van der Waals surface area contributed by atoms with Gasteiger partial charge >= 0.3 is 0 Å². The molecule has 0 saturated heterocycles. The van der Waals surface area contributed by atoms with Crippen molar-refractivity contribution in [3.8, 4) is 0 Å². The monoisotopic (exact) mass is 145 g/mol. The van der Waals surface area contributed by atoms with Gasteiger partial charge in [-0.05, 0) is 33.2 Å². The van der Waals surface area contributed by atoms with Crippen molar-refractivity contribution < 1.29 is 4.39 Å². The van der Waals surface area contributed by atoms with Crippen LogP contribution in [0.4, 0.5) is 4.39 Å². The van der Waals surface area contributed by atoms with Gasteiger partial charge in [-0.1, -0.05) is 6.92 Å². The second-order valence-electron chi connectivity index (χ2n) is 3.67. The average Bonchev–Trinajstić information content (AvgIpc) is 1.85. The quantitative estimate of drug-likeness (QED) is 0.625. The van der Waals surface area contributed by atoms with Crippen LogP contribution in [0.2, 0.25) is 0 Å². The van der Waals surface area contributed by atoms with E-state index >= 15 is 0 Å². The number of nitrogens with one attached hydrogen (secondary N) is 1. The number of hydrogen-bond donors (Lipinski definition) is 1. The summed E-state index contributed by atoms with van der Waals surface area (Å²) >= 11 is 0. The summed E-state index contributed by atoms with van der Waals surface area (Å²) in [5, 5.41) is 3.13. The number of rotatable bonds is 2. The zero-order valence-corrected chi connectivity index (χ0v) is 7.00. The van der Waals surface area contributed by atoms with Gasteiger partial charge in [0, 0.05) is 5.54 Å². The molecule has 1 aliphatic carbocycles. The molecule has 0 spiro atoms. The minimum absolute atomic E-state index is 0.0742. The fraction of sp³-hybridized carbons (Fsp3) is 1.00. The van der Waals surface area contributed by atoms with E-state index in [1.165, 1.54) is 0 Å². The molecule has 1 N–H and O–H groups in total. The van der Waals surface area contributed by atoms with Gasteiger partial charge in [0.1, 0.15) is 5.67 Å². The molecule has 10 heavy (non-hydrogen) atoms. The molecule has 0 atom stereocenters. The molecule has 0 aromatic rings. The van der Waals surface area contributed by atoms with E-state index in [-0.39, 0.29) is 5.54 Å². The highest BCUT2D eigenvalue weighted by molar-refractivity contribution is 5.06. The van der Waals surface area contributed by atoms with Gasteiger partial charge in [0.25, 0.3) is 0 Å². The highest BCUT2D eigenvalue weighted by Gasteiger charge is 2.50. The summed E-state index contributed by atoms with van der Waals surface area (Å²) in [6, 6.07) is 0. The van der Waals surface area contributed by atoms with Crippen LogP contribution >= 0.6 is 0 Å². The minimum Gasteiger partial charge on any atom is -0.314 e. The second-order valence-corrected chi connectivity index (χ2v) is 3.67. The van der Waals surface area contributed by atoms with Crippen molar-refractivity contribution in [1.82, 2.24) is 5.32 Å². The van der Waals surface area contributed by atoms with E-state index in [9.17, 15) is 4.39 Å². The lowest BCUT2D eigenvalue weighted by atomic mass is 9.66. The second kappa shape index (κ2) is 2.19. The van der Waals surface area contributed by atoms with Crippen LogP contribution < -0.4 is 5.32 Å². The van der Waals surface area contributed by atoms with Crippen LogP contribution in [-0.4, -0.2) is 18.3 Å². The molecular formula is C8H16FN. The molecule has 60 valence electrons. The highest BCUT2D eigenvalue weighted by Crippen LogP contribution is 2.45. The van der Waals surface area contributed by atoms with E-state index in [0.717, 1.165) is 0 Å². The van der Waals surface area contributed by atoms with Gasteiger partial charge in [0.15, 0.2) is 0 Å². The highest BCUT2D eigenvalue weighted by atomic mass is 19.1. The lowest BCUT2D eigenvalue weighted by Gasteiger charge is -2.49. The largest absolute Gasteiger partial charge is 0.314 e. The first-order valence-electron chi connectivity index (χ1n) is 3.91. The fourth-order valence-corrected chi connectivity index (χ4v) is 1.77. The molecule has 0 bridgehead atoms. The van der Waals surface area contributed by atoms with Crippen molar-refractivity contribution >= 4 is 0 Å². The Hall–Kier alpha value is -0.110. The number of halogens is 1. The Morgan fingerprint density at radius 3 is 2.30 bits per heavy atom. The van der Waals surface area contributed by atoms with Gasteiger partial charge in [0.2, 0.25) is 0 Å². The summed E-state index contributed by atoms with van der Waals surface area (Å²) in [6.07, 6.45) is 2.00. The SMILES string of the molecule is CCC1(F)CC(C)(NC)C1. The number of alkyl halides is 1. The molecular weight excluding hydrogens is 129 g/mol. The van der Waals surface area contributed by atoms with Gasteiger partial charge in [-0.2, -0.15) is 0 Å². The lowest BCUT2D eigenvalue weighted by molar-refractivity contribution is -0.0225. The molecule has 0 amide bonds. The van der Waals surface area contributed by atoms with E-state index < -0.39 is 5.67 Å². The molecule has 0 radical (unpaired) electrons. The van der Waals surface area contributed by atoms with E-state index in [0.29, 0.717) is 19.3 Å². The van der Waals surface area contributed by atoms with E-state index in [4.69, 9.17) is 0 Å². The molecule has 1 saturated carbocycles. The van der Waals surface area contributed by atoms with Crippen LogP contribution in [0.1, 0.15) is 33.1 Å². The molecule has 1 nitrogen and oxygen atoms in total. The Bertz CT molecular complexity index is 113. The van der Waals surface area contributed by atoms with Crippen molar-refractivity contribution in [2.75, 3.05) is 7.05 Å². The van der Waals surface area contributed by atoms with Crippen molar-refractivity contribution in [2.24, 2.45) is 0 Å². The normalized spacial score (nSPS) is 46.8. The van der Waals surface area contributed by atoms with E-state index in [1.54, 1.807) is 0 Å². The van der Waals surface area contributed by atoms with Crippen molar-refractivity contribution in [1.29, 1.82) is 0 Å². The molecule has 0 heterocycles. The maximum absolute atomic E-state index is 13.3. The third-order valence-corrected chi connectivity index (χ3v) is 2.65. The summed E-state index contributed by atoms with van der Waals surface area (Å²) in [6.45, 7) is 3.98. The third kappa shape index (κ3) is 1.17. The average molecular weight is 145 g/mol. The van der Waals surface area contributed by atoms with E-state index in [2.05, 4.69) is 12.2 Å². The minimum atomic E-state index is -0.863. The standard InChI is InChI=1S/C8H16FN/c1-4-8(9)5-7(2,6-8)10-3/h10H,4-6H2,1-3H3. The first kappa shape index (κ1) is 7.99. The van der Waals surface area contributed by atoms with Crippen molar-refractivity contribution in [3.05, 3.63) is 0 Å². The fourth-order valence-electron chi connectivity index (χ4n) is 1.77. The molecule has 0 aromatic heterocycles. The Morgan fingerprint density at radius 2 is 2.00 bits per heavy atom. The predicted octanol–water partition coefficient (Wildman–Crippen LogP) is 1.88. The maximum Gasteiger partial charge on any atom is 0.114 e. The molecule has 2 heteroatoms. The van der Waals surface area contributed by atoms with Crippen LogP contribution in [0.25, 0.3) is 0 Å². The Kier molecular flexibility index (Phi) is 1.75. The van der Waals surface area contributed by atoms with Gasteiger partial charge in [-0.15, -0.1) is 0 Å². The van der Waals surface area contributed by atoms with Crippen LogP contribution in [0.3, 0.4) is 0 Å². The number of hydrogen-bond acceptors (Lipinski definition) is 1. The van der Waals surface area contributed by atoms with Crippen molar-refractivity contribution in [3.63, 3.8) is 0 Å². The summed E-state index contributed by atoms with van der Waals surface area (Å²) < 4.78 is 13.3. The van der Waals surface area contributed by atoms with Gasteiger partial charge in [-0.3, -0.25) is 0 Å². The van der Waals surface area contributed by atoms with Gasteiger partial charge < -0.3 is 5.32 Å². The Labute approximate surface area is 62.0 Å². The molecule has 0 unspecified atom stereocenters. The van der Waals surface area contributed by atoms with Crippen LogP contribution in [-0.2, 0) is 0 Å². The Morgan fingerprint density at radius 1 is 1.50 bits per heavy atom. The van der Waals surface area contributed by atoms with Gasteiger partial charge in [-0.25, -0.2) is 4.39 Å². The van der Waals surface area contributed by atoms with Crippen molar-refractivity contribution in [2.45, 2.75) is 44.3 Å². The maximum atomic E-state index is 13.3. The smallest absolute Gasteiger partial charge is 0.114 e. The van der Waals surface area contributed by atoms with Crippen LogP contribution in [0.15, 0.2) is 0 Å². The molecule has 0 aliphatic heterocycles. The first-order chi connectivity index (χ1) is 4.54. The third-order valence-electron chi connectivity index (χ3n) is 2.65. The summed E-state index contributed by atoms with van der Waals surface area (Å²) in [7, 11) is 1.90.